The highest BCUT2D eigenvalue weighted by atomic mass is 19.1. The van der Waals surface area contributed by atoms with Crippen molar-refractivity contribution in [2.75, 3.05) is 13.2 Å². The second kappa shape index (κ2) is 8.62. The Morgan fingerprint density at radius 1 is 1.44 bits per heavy atom. The first-order chi connectivity index (χ1) is 12.2. The quantitative estimate of drug-likeness (QED) is 0.834. The van der Waals surface area contributed by atoms with Gasteiger partial charge in [0.2, 0.25) is 5.91 Å². The van der Waals surface area contributed by atoms with Crippen LogP contribution in [0.2, 0.25) is 0 Å². The number of nitrogens with zero attached hydrogens (tertiary/aromatic N) is 2. The number of halogens is 1. The summed E-state index contributed by atoms with van der Waals surface area (Å²) in [6.07, 6.45) is 5.07. The first kappa shape index (κ1) is 17.4. The van der Waals surface area contributed by atoms with E-state index in [1.54, 1.807) is 23.0 Å². The van der Waals surface area contributed by atoms with E-state index in [1.165, 1.54) is 12.1 Å². The highest BCUT2D eigenvalue weighted by Gasteiger charge is 2.28. The molecule has 1 aliphatic heterocycles. The Morgan fingerprint density at radius 2 is 2.36 bits per heavy atom. The van der Waals surface area contributed by atoms with Crippen molar-refractivity contribution in [1.82, 2.24) is 15.1 Å². The Hall–Kier alpha value is -2.41. The number of hydrogen-bond acceptors (Lipinski definition) is 4. The summed E-state index contributed by atoms with van der Waals surface area (Å²) in [6, 6.07) is 7.70. The van der Waals surface area contributed by atoms with Crippen molar-refractivity contribution in [3.8, 4) is 5.75 Å². The third-order valence-electron chi connectivity index (χ3n) is 4.08. The number of ether oxygens (including phenoxy) is 2. The van der Waals surface area contributed by atoms with E-state index >= 15 is 0 Å². The zero-order valence-corrected chi connectivity index (χ0v) is 13.9. The summed E-state index contributed by atoms with van der Waals surface area (Å²) in [5, 5.41) is 7.13. The predicted molar refractivity (Wildman–Crippen MR) is 89.6 cm³/mol. The molecule has 6 nitrogen and oxygen atoms in total. The number of hydrogen-bond donors (Lipinski definition) is 1. The van der Waals surface area contributed by atoms with Crippen LogP contribution in [-0.4, -0.2) is 41.0 Å². The summed E-state index contributed by atoms with van der Waals surface area (Å²) in [7, 11) is 0. The average molecular weight is 347 g/mol. The van der Waals surface area contributed by atoms with Gasteiger partial charge in [-0.25, -0.2) is 4.39 Å². The highest BCUT2D eigenvalue weighted by Crippen LogP contribution is 2.19. The van der Waals surface area contributed by atoms with E-state index in [1.807, 2.05) is 12.3 Å². The molecule has 2 atom stereocenters. The molecule has 1 aromatic carbocycles. The van der Waals surface area contributed by atoms with E-state index in [-0.39, 0.29) is 23.9 Å². The van der Waals surface area contributed by atoms with Crippen molar-refractivity contribution < 1.29 is 18.7 Å². The molecule has 0 spiro atoms. The van der Waals surface area contributed by atoms with Crippen LogP contribution in [0.4, 0.5) is 4.39 Å². The maximum atomic E-state index is 13.3. The lowest BCUT2D eigenvalue weighted by atomic mass is 10.1. The molecular weight excluding hydrogens is 325 g/mol. The Labute approximate surface area is 145 Å². The lowest BCUT2D eigenvalue weighted by Gasteiger charge is -2.32. The van der Waals surface area contributed by atoms with E-state index in [0.717, 1.165) is 0 Å². The summed E-state index contributed by atoms with van der Waals surface area (Å²) in [5.41, 5.74) is 0. The number of benzene rings is 1. The molecular formula is C18H22FN3O3. The molecule has 3 rings (SSSR count). The van der Waals surface area contributed by atoms with Gasteiger partial charge in [0.25, 0.3) is 0 Å². The topological polar surface area (TPSA) is 65.4 Å². The summed E-state index contributed by atoms with van der Waals surface area (Å²) >= 11 is 0. The molecule has 25 heavy (non-hydrogen) atoms. The molecule has 2 aromatic rings. The van der Waals surface area contributed by atoms with Crippen molar-refractivity contribution in [3.05, 3.63) is 48.5 Å². The largest absolute Gasteiger partial charge is 0.486 e. The minimum absolute atomic E-state index is 0.0214. The molecule has 1 saturated heterocycles. The fourth-order valence-electron chi connectivity index (χ4n) is 2.82. The van der Waals surface area contributed by atoms with Crippen LogP contribution in [-0.2, 0) is 16.1 Å². The minimum atomic E-state index is -0.353. The molecule has 0 unspecified atom stereocenters. The fraction of sp³-hybridized carbons (Fsp3) is 0.444. The Kier molecular flexibility index (Phi) is 6.00. The first-order valence-corrected chi connectivity index (χ1v) is 8.47. The number of aromatic nitrogens is 2. The van der Waals surface area contributed by atoms with Crippen LogP contribution in [0.5, 0.6) is 5.75 Å². The smallest absolute Gasteiger partial charge is 0.220 e. The number of rotatable bonds is 7. The molecule has 1 aromatic heterocycles. The van der Waals surface area contributed by atoms with Crippen molar-refractivity contribution >= 4 is 5.91 Å². The van der Waals surface area contributed by atoms with Gasteiger partial charge in [-0.3, -0.25) is 9.48 Å². The van der Waals surface area contributed by atoms with E-state index < -0.39 is 0 Å². The Bertz CT molecular complexity index is 678. The van der Waals surface area contributed by atoms with Crippen LogP contribution >= 0.6 is 0 Å². The average Bonchev–Trinajstić information content (AvgIpc) is 3.10. The zero-order valence-electron chi connectivity index (χ0n) is 13.9. The molecule has 1 aliphatic rings. The zero-order chi connectivity index (χ0) is 17.5. The van der Waals surface area contributed by atoms with Gasteiger partial charge >= 0.3 is 0 Å². The molecule has 1 N–H and O–H groups in total. The molecule has 0 bridgehead atoms. The van der Waals surface area contributed by atoms with Crippen molar-refractivity contribution in [3.63, 3.8) is 0 Å². The molecule has 0 saturated carbocycles. The second-order valence-corrected chi connectivity index (χ2v) is 6.02. The highest BCUT2D eigenvalue weighted by molar-refractivity contribution is 5.76. The third kappa shape index (κ3) is 5.29. The van der Waals surface area contributed by atoms with E-state index in [4.69, 9.17) is 9.47 Å². The lowest BCUT2D eigenvalue weighted by Crippen LogP contribution is -2.51. The molecule has 1 amide bonds. The molecule has 0 radical (unpaired) electrons. The Balaban J connectivity index is 1.49. The summed E-state index contributed by atoms with van der Waals surface area (Å²) in [5.74, 6) is 0.0637. The molecule has 1 fully saturated rings. The van der Waals surface area contributed by atoms with Gasteiger partial charge in [0.1, 0.15) is 17.7 Å². The standard InChI is InChI=1S/C18H22FN3O3/c19-14-4-1-5-15(12-14)25-17-13-24-11-7-16(17)21-18(23)6-2-9-22-10-3-8-20-22/h1,3-5,8,10,12,16-17H,2,6-7,9,11,13H2,(H,21,23)/t16-,17-/m1/s1. The van der Waals surface area contributed by atoms with Crippen molar-refractivity contribution in [1.29, 1.82) is 0 Å². The van der Waals surface area contributed by atoms with Gasteiger partial charge in [-0.15, -0.1) is 0 Å². The van der Waals surface area contributed by atoms with Crippen LogP contribution in [0.25, 0.3) is 0 Å². The van der Waals surface area contributed by atoms with Gasteiger partial charge in [-0.1, -0.05) is 6.07 Å². The maximum Gasteiger partial charge on any atom is 0.220 e. The molecule has 134 valence electrons. The number of aryl methyl sites for hydroxylation is 1. The van der Waals surface area contributed by atoms with Gasteiger partial charge in [0, 0.05) is 38.0 Å². The second-order valence-electron chi connectivity index (χ2n) is 6.02. The maximum absolute atomic E-state index is 13.3. The summed E-state index contributed by atoms with van der Waals surface area (Å²) < 4.78 is 26.4. The molecule has 7 heteroatoms. The molecule has 0 aliphatic carbocycles. The SMILES string of the molecule is O=C(CCCn1cccn1)N[C@@H]1CCOC[C@H]1Oc1cccc(F)c1. The van der Waals surface area contributed by atoms with Crippen molar-refractivity contribution in [2.24, 2.45) is 0 Å². The van der Waals surface area contributed by atoms with Crippen LogP contribution in [0.3, 0.4) is 0 Å². The van der Waals surface area contributed by atoms with Gasteiger partial charge < -0.3 is 14.8 Å². The lowest BCUT2D eigenvalue weighted by molar-refractivity contribution is -0.124. The monoisotopic (exact) mass is 347 g/mol. The first-order valence-electron chi connectivity index (χ1n) is 8.47. The molecule has 2 heterocycles. The van der Waals surface area contributed by atoms with Crippen LogP contribution in [0, 0.1) is 5.82 Å². The number of nitrogens with one attached hydrogen (secondary N) is 1. The summed E-state index contributed by atoms with van der Waals surface area (Å²) in [6.45, 7) is 1.65. The summed E-state index contributed by atoms with van der Waals surface area (Å²) in [4.78, 5) is 12.2. The Morgan fingerprint density at radius 3 is 3.16 bits per heavy atom. The van der Waals surface area contributed by atoms with Crippen LogP contribution in [0.1, 0.15) is 19.3 Å². The predicted octanol–water partition coefficient (Wildman–Crippen LogP) is 2.16. The van der Waals surface area contributed by atoms with Gasteiger partial charge in [0.15, 0.2) is 0 Å². The van der Waals surface area contributed by atoms with Crippen molar-refractivity contribution in [2.45, 2.75) is 38.0 Å². The third-order valence-corrected chi connectivity index (χ3v) is 4.08. The van der Waals surface area contributed by atoms with Crippen LogP contribution in [0.15, 0.2) is 42.7 Å². The van der Waals surface area contributed by atoms with Gasteiger partial charge in [-0.05, 0) is 31.0 Å². The number of carbonyl (C=O) groups excluding carboxylic acids is 1. The van der Waals surface area contributed by atoms with E-state index in [2.05, 4.69) is 10.4 Å². The minimum Gasteiger partial charge on any atom is -0.486 e. The normalized spacial score (nSPS) is 20.2. The van der Waals surface area contributed by atoms with E-state index in [9.17, 15) is 9.18 Å². The van der Waals surface area contributed by atoms with Gasteiger partial charge in [-0.2, -0.15) is 5.10 Å². The van der Waals surface area contributed by atoms with E-state index in [0.29, 0.717) is 44.8 Å². The van der Waals surface area contributed by atoms with Gasteiger partial charge in [0.05, 0.1) is 12.6 Å². The number of carbonyl (C=O) groups is 1. The fourth-order valence-corrected chi connectivity index (χ4v) is 2.82. The van der Waals surface area contributed by atoms with Crippen LogP contribution < -0.4 is 10.1 Å². The number of amides is 1.